The third-order valence-electron chi connectivity index (χ3n) is 2.47. The van der Waals surface area contributed by atoms with Crippen molar-refractivity contribution in [3.63, 3.8) is 0 Å². The Morgan fingerprint density at radius 2 is 1.85 bits per heavy atom. The van der Waals surface area contributed by atoms with Gasteiger partial charge in [-0.25, -0.2) is 4.39 Å². The molecule has 0 aliphatic carbocycles. The average molecular weight is 335 g/mol. The third kappa shape index (κ3) is 2.98. The van der Waals surface area contributed by atoms with Crippen molar-refractivity contribution < 1.29 is 14.3 Å². The number of carbonyl (C=O) groups excluding carboxylic acids is 1. The van der Waals surface area contributed by atoms with Gasteiger partial charge in [0.25, 0.3) is 5.91 Å². The van der Waals surface area contributed by atoms with Crippen LogP contribution < -0.4 is 5.32 Å². The van der Waals surface area contributed by atoms with Gasteiger partial charge in [-0.2, -0.15) is 0 Å². The second kappa shape index (κ2) is 5.87. The lowest BCUT2D eigenvalue weighted by atomic mass is 10.2. The maximum absolute atomic E-state index is 13.7. The molecule has 0 saturated heterocycles. The molecule has 2 N–H and O–H groups in total. The van der Waals surface area contributed by atoms with Crippen molar-refractivity contribution in [2.75, 3.05) is 5.32 Å². The molecule has 0 aliphatic heterocycles. The predicted molar refractivity (Wildman–Crippen MR) is 77.5 cm³/mol. The van der Waals surface area contributed by atoms with Crippen LogP contribution in [0.25, 0.3) is 0 Å². The molecule has 0 fully saturated rings. The maximum atomic E-state index is 13.7. The average Bonchev–Trinajstić information content (AvgIpc) is 2.38. The molecule has 2 aromatic rings. The van der Waals surface area contributed by atoms with E-state index in [0.29, 0.717) is 0 Å². The number of aromatic hydroxyl groups is 1. The number of nitrogens with one attached hydrogen (secondary N) is 1. The summed E-state index contributed by atoms with van der Waals surface area (Å²) in [5.74, 6) is -1.98. The first-order valence-corrected chi connectivity index (χ1v) is 6.47. The fraction of sp³-hybridized carbons (Fsp3) is 0. The summed E-state index contributed by atoms with van der Waals surface area (Å²) in [6.07, 6.45) is 0. The summed E-state index contributed by atoms with van der Waals surface area (Å²) in [7, 11) is 0. The zero-order chi connectivity index (χ0) is 14.9. The quantitative estimate of drug-likeness (QED) is 0.779. The van der Waals surface area contributed by atoms with Crippen molar-refractivity contribution in [2.24, 2.45) is 0 Å². The first kappa shape index (κ1) is 14.9. The third-order valence-corrected chi connectivity index (χ3v) is 3.27. The van der Waals surface area contributed by atoms with Crippen molar-refractivity contribution in [1.82, 2.24) is 0 Å². The van der Waals surface area contributed by atoms with Gasteiger partial charge in [-0.1, -0.05) is 40.9 Å². The highest BCUT2D eigenvalue weighted by molar-refractivity contribution is 6.36. The summed E-state index contributed by atoms with van der Waals surface area (Å²) < 4.78 is 13.7. The molecule has 1 amide bonds. The Bertz CT molecular complexity index is 692. The molecule has 104 valence electrons. The van der Waals surface area contributed by atoms with Gasteiger partial charge in [0.15, 0.2) is 11.6 Å². The number of halogens is 4. The van der Waals surface area contributed by atoms with Crippen LogP contribution in [0, 0.1) is 5.82 Å². The van der Waals surface area contributed by atoms with Gasteiger partial charge in [0, 0.05) is 5.02 Å². The van der Waals surface area contributed by atoms with Gasteiger partial charge in [-0.15, -0.1) is 0 Å². The molecule has 0 spiro atoms. The molecular formula is C13H7Cl3FNO2. The van der Waals surface area contributed by atoms with Crippen LogP contribution in [-0.2, 0) is 0 Å². The van der Waals surface area contributed by atoms with E-state index in [1.54, 1.807) is 0 Å². The molecule has 0 bridgehead atoms. The molecular weight excluding hydrogens is 328 g/mol. The molecule has 20 heavy (non-hydrogen) atoms. The van der Waals surface area contributed by atoms with Gasteiger partial charge in [0.1, 0.15) is 0 Å². The largest absolute Gasteiger partial charge is 0.504 e. The summed E-state index contributed by atoms with van der Waals surface area (Å²) in [6, 6.07) is 6.63. The van der Waals surface area contributed by atoms with Crippen molar-refractivity contribution in [3.05, 3.63) is 56.8 Å². The van der Waals surface area contributed by atoms with E-state index in [1.165, 1.54) is 30.3 Å². The van der Waals surface area contributed by atoms with Gasteiger partial charge in [0.2, 0.25) is 0 Å². The van der Waals surface area contributed by atoms with Crippen LogP contribution in [0.15, 0.2) is 30.3 Å². The smallest absolute Gasteiger partial charge is 0.258 e. The van der Waals surface area contributed by atoms with Crippen LogP contribution in [0.4, 0.5) is 10.1 Å². The van der Waals surface area contributed by atoms with Crippen LogP contribution in [-0.4, -0.2) is 11.0 Å². The summed E-state index contributed by atoms with van der Waals surface area (Å²) in [5.41, 5.74) is -0.278. The zero-order valence-electron chi connectivity index (χ0n) is 9.75. The van der Waals surface area contributed by atoms with Crippen LogP contribution >= 0.6 is 34.8 Å². The number of anilines is 1. The standard InChI is InChI=1S/C13H7Cl3FNO2/c14-6-4-9(16)12(19)10(5-6)18-13(20)7-2-1-3-8(15)11(7)17/h1-5,19H,(H,18,20). The van der Waals surface area contributed by atoms with Crippen LogP contribution in [0.2, 0.25) is 15.1 Å². The lowest BCUT2D eigenvalue weighted by Gasteiger charge is -2.10. The zero-order valence-corrected chi connectivity index (χ0v) is 12.0. The molecule has 7 heteroatoms. The number of phenolic OH excluding ortho intramolecular Hbond substituents is 1. The number of amides is 1. The van der Waals surface area contributed by atoms with E-state index in [4.69, 9.17) is 34.8 Å². The Kier molecular flexibility index (Phi) is 4.38. The first-order chi connectivity index (χ1) is 9.40. The van der Waals surface area contributed by atoms with E-state index in [1.807, 2.05) is 0 Å². The van der Waals surface area contributed by atoms with Gasteiger partial charge in [-0.05, 0) is 24.3 Å². The van der Waals surface area contributed by atoms with Gasteiger partial charge < -0.3 is 10.4 Å². The van der Waals surface area contributed by atoms with Crippen LogP contribution in [0.3, 0.4) is 0 Å². The van der Waals surface area contributed by atoms with Gasteiger partial charge >= 0.3 is 0 Å². The molecule has 0 aliphatic rings. The molecule has 0 atom stereocenters. The Labute approximate surface area is 128 Å². The molecule has 0 unspecified atom stereocenters. The summed E-state index contributed by atoms with van der Waals surface area (Å²) >= 11 is 17.1. The summed E-state index contributed by atoms with van der Waals surface area (Å²) in [5, 5.41) is 12.1. The van der Waals surface area contributed by atoms with E-state index in [-0.39, 0.29) is 32.1 Å². The Balaban J connectivity index is 2.35. The lowest BCUT2D eigenvalue weighted by molar-refractivity contribution is 0.102. The molecule has 0 saturated carbocycles. The SMILES string of the molecule is O=C(Nc1cc(Cl)cc(Cl)c1O)c1cccc(Cl)c1F. The number of hydrogen-bond acceptors (Lipinski definition) is 2. The molecule has 0 heterocycles. The first-order valence-electron chi connectivity index (χ1n) is 5.33. The highest BCUT2D eigenvalue weighted by atomic mass is 35.5. The molecule has 3 nitrogen and oxygen atoms in total. The van der Waals surface area contributed by atoms with Gasteiger partial charge in [-0.3, -0.25) is 4.79 Å². The van der Waals surface area contributed by atoms with E-state index >= 15 is 0 Å². The minimum atomic E-state index is -0.848. The second-order valence-electron chi connectivity index (χ2n) is 3.84. The lowest BCUT2D eigenvalue weighted by Crippen LogP contribution is -2.14. The van der Waals surface area contributed by atoms with Crippen LogP contribution in [0.1, 0.15) is 10.4 Å². The number of hydrogen-bond donors (Lipinski definition) is 2. The maximum Gasteiger partial charge on any atom is 0.258 e. The molecule has 2 aromatic carbocycles. The van der Waals surface area contributed by atoms with E-state index in [9.17, 15) is 14.3 Å². The number of rotatable bonds is 2. The Hall–Kier alpha value is -1.49. The van der Waals surface area contributed by atoms with Crippen molar-refractivity contribution in [1.29, 1.82) is 0 Å². The van der Waals surface area contributed by atoms with E-state index < -0.39 is 11.7 Å². The summed E-state index contributed by atoms with van der Waals surface area (Å²) in [4.78, 5) is 12.0. The fourth-order valence-electron chi connectivity index (χ4n) is 1.53. The predicted octanol–water partition coefficient (Wildman–Crippen LogP) is 4.74. The minimum absolute atomic E-state index is 0.0214. The monoisotopic (exact) mass is 333 g/mol. The van der Waals surface area contributed by atoms with Crippen molar-refractivity contribution in [3.8, 4) is 5.75 Å². The van der Waals surface area contributed by atoms with Crippen molar-refractivity contribution in [2.45, 2.75) is 0 Å². The summed E-state index contributed by atoms with van der Waals surface area (Å²) in [6.45, 7) is 0. The van der Waals surface area contributed by atoms with Gasteiger partial charge in [0.05, 0.1) is 21.3 Å². The molecule has 2 rings (SSSR count). The van der Waals surface area contributed by atoms with Crippen molar-refractivity contribution >= 4 is 46.4 Å². The topological polar surface area (TPSA) is 49.3 Å². The normalized spacial score (nSPS) is 10.4. The highest BCUT2D eigenvalue weighted by Gasteiger charge is 2.17. The Morgan fingerprint density at radius 1 is 1.15 bits per heavy atom. The second-order valence-corrected chi connectivity index (χ2v) is 5.09. The Morgan fingerprint density at radius 3 is 2.55 bits per heavy atom. The number of benzene rings is 2. The van der Waals surface area contributed by atoms with E-state index in [0.717, 1.165) is 0 Å². The number of carbonyl (C=O) groups is 1. The van der Waals surface area contributed by atoms with Crippen LogP contribution in [0.5, 0.6) is 5.75 Å². The fourth-order valence-corrected chi connectivity index (χ4v) is 2.20. The van der Waals surface area contributed by atoms with E-state index in [2.05, 4.69) is 5.32 Å². The minimum Gasteiger partial charge on any atom is -0.504 e. The molecule has 0 radical (unpaired) electrons. The highest BCUT2D eigenvalue weighted by Crippen LogP contribution is 2.35. The molecule has 0 aromatic heterocycles. The number of phenols is 1.